The van der Waals surface area contributed by atoms with Crippen molar-refractivity contribution >= 4 is 15.9 Å². The van der Waals surface area contributed by atoms with Gasteiger partial charge in [0.1, 0.15) is 0 Å². The Labute approximate surface area is 114 Å². The highest BCUT2D eigenvalue weighted by molar-refractivity contribution is 9.10. The van der Waals surface area contributed by atoms with Crippen molar-refractivity contribution < 1.29 is 0 Å². The molecule has 3 heteroatoms. The molecule has 2 aromatic rings. The molecule has 1 aliphatic carbocycles. The number of aryl methyl sites for hydroxylation is 1. The predicted molar refractivity (Wildman–Crippen MR) is 76.0 cm³/mol. The molecule has 0 amide bonds. The molecule has 1 aromatic carbocycles. The van der Waals surface area contributed by atoms with E-state index in [0.29, 0.717) is 6.54 Å². The summed E-state index contributed by atoms with van der Waals surface area (Å²) in [4.78, 5) is 12.0. The first-order chi connectivity index (χ1) is 8.74. The second-order valence-corrected chi connectivity index (χ2v) is 5.63. The third-order valence-corrected chi connectivity index (χ3v) is 3.97. The molecule has 0 saturated heterocycles. The summed E-state index contributed by atoms with van der Waals surface area (Å²) in [7, 11) is 0. The Balaban J connectivity index is 2.03. The minimum absolute atomic E-state index is 0.107. The van der Waals surface area contributed by atoms with Gasteiger partial charge >= 0.3 is 0 Å². The molecule has 0 saturated carbocycles. The van der Waals surface area contributed by atoms with Crippen molar-refractivity contribution in [2.75, 3.05) is 0 Å². The molecule has 0 N–H and O–H groups in total. The summed E-state index contributed by atoms with van der Waals surface area (Å²) < 4.78 is 2.98. The van der Waals surface area contributed by atoms with Gasteiger partial charge in [-0.2, -0.15) is 0 Å². The molecule has 2 nitrogen and oxygen atoms in total. The molecule has 0 spiro atoms. The van der Waals surface area contributed by atoms with Gasteiger partial charge in [-0.3, -0.25) is 4.79 Å². The van der Waals surface area contributed by atoms with E-state index in [1.807, 2.05) is 22.8 Å². The van der Waals surface area contributed by atoms with E-state index < -0.39 is 0 Å². The van der Waals surface area contributed by atoms with E-state index in [9.17, 15) is 4.79 Å². The van der Waals surface area contributed by atoms with E-state index in [1.165, 1.54) is 11.3 Å². The van der Waals surface area contributed by atoms with E-state index >= 15 is 0 Å². The number of nitrogens with zero attached hydrogens (tertiary/aromatic N) is 1. The zero-order chi connectivity index (χ0) is 12.5. The van der Waals surface area contributed by atoms with Gasteiger partial charge in [0.25, 0.3) is 5.56 Å². The fourth-order valence-corrected chi connectivity index (χ4v) is 3.07. The van der Waals surface area contributed by atoms with E-state index in [-0.39, 0.29) is 5.56 Å². The normalized spacial score (nSPS) is 13.6. The van der Waals surface area contributed by atoms with Gasteiger partial charge in [0.05, 0.1) is 6.54 Å². The summed E-state index contributed by atoms with van der Waals surface area (Å²) in [6.45, 7) is 0.668. The summed E-state index contributed by atoms with van der Waals surface area (Å²) in [5.74, 6) is 0. The summed E-state index contributed by atoms with van der Waals surface area (Å²) in [6, 6.07) is 11.8. The number of rotatable bonds is 2. The van der Waals surface area contributed by atoms with Crippen LogP contribution < -0.4 is 5.56 Å². The Hall–Kier alpha value is -1.35. The van der Waals surface area contributed by atoms with Crippen LogP contribution in [0.4, 0.5) is 0 Å². The van der Waals surface area contributed by atoms with Gasteiger partial charge in [-0.1, -0.05) is 34.1 Å². The number of halogens is 1. The van der Waals surface area contributed by atoms with E-state index in [0.717, 1.165) is 29.3 Å². The summed E-state index contributed by atoms with van der Waals surface area (Å²) in [6.07, 6.45) is 3.30. The Kier molecular flexibility index (Phi) is 3.08. The lowest BCUT2D eigenvalue weighted by Crippen LogP contribution is -2.23. The molecular formula is C15H14BrNO. The standard InChI is InChI=1S/C15H14BrNO/c16-13-5-1-3-11(9-13)10-17-14-6-2-4-12(14)7-8-15(17)18/h1,3,5,7-9H,2,4,6,10H2. The molecule has 1 aliphatic rings. The molecule has 0 fully saturated rings. The summed E-state index contributed by atoms with van der Waals surface area (Å²) >= 11 is 3.47. The highest BCUT2D eigenvalue weighted by Gasteiger charge is 2.15. The van der Waals surface area contributed by atoms with Crippen LogP contribution in [0.2, 0.25) is 0 Å². The number of hydrogen-bond acceptors (Lipinski definition) is 1. The first-order valence-electron chi connectivity index (χ1n) is 6.20. The lowest BCUT2D eigenvalue weighted by Gasteiger charge is -2.12. The first-order valence-corrected chi connectivity index (χ1v) is 6.99. The first kappa shape index (κ1) is 11.7. The van der Waals surface area contributed by atoms with Crippen molar-refractivity contribution in [1.82, 2.24) is 4.57 Å². The van der Waals surface area contributed by atoms with Crippen molar-refractivity contribution in [3.8, 4) is 0 Å². The lowest BCUT2D eigenvalue weighted by atomic mass is 10.2. The molecule has 0 bridgehead atoms. The number of benzene rings is 1. The van der Waals surface area contributed by atoms with Gasteiger partial charge in [0, 0.05) is 16.2 Å². The molecule has 0 aliphatic heterocycles. The maximum atomic E-state index is 12.0. The van der Waals surface area contributed by atoms with Crippen LogP contribution in [-0.4, -0.2) is 4.57 Å². The quantitative estimate of drug-likeness (QED) is 0.835. The van der Waals surface area contributed by atoms with Gasteiger partial charge in [-0.05, 0) is 42.5 Å². The highest BCUT2D eigenvalue weighted by Crippen LogP contribution is 2.21. The van der Waals surface area contributed by atoms with Crippen LogP contribution in [0.25, 0.3) is 0 Å². The van der Waals surface area contributed by atoms with Crippen molar-refractivity contribution in [2.24, 2.45) is 0 Å². The van der Waals surface area contributed by atoms with E-state index in [2.05, 4.69) is 28.1 Å². The Morgan fingerprint density at radius 1 is 1.17 bits per heavy atom. The van der Waals surface area contributed by atoms with Crippen LogP contribution in [0.1, 0.15) is 23.2 Å². The third-order valence-electron chi connectivity index (χ3n) is 3.48. The Morgan fingerprint density at radius 3 is 2.89 bits per heavy atom. The molecule has 0 atom stereocenters. The van der Waals surface area contributed by atoms with Gasteiger partial charge in [0.2, 0.25) is 0 Å². The second-order valence-electron chi connectivity index (χ2n) is 4.71. The molecular weight excluding hydrogens is 290 g/mol. The van der Waals surface area contributed by atoms with Crippen LogP contribution >= 0.6 is 15.9 Å². The minimum atomic E-state index is 0.107. The van der Waals surface area contributed by atoms with Crippen LogP contribution in [0.5, 0.6) is 0 Å². The summed E-state index contributed by atoms with van der Waals surface area (Å²) in [5, 5.41) is 0. The van der Waals surface area contributed by atoms with Gasteiger partial charge in [-0.15, -0.1) is 0 Å². The molecule has 92 valence electrons. The molecule has 0 unspecified atom stereocenters. The van der Waals surface area contributed by atoms with Crippen molar-refractivity contribution in [3.63, 3.8) is 0 Å². The van der Waals surface area contributed by atoms with E-state index in [1.54, 1.807) is 6.07 Å². The number of pyridine rings is 1. The zero-order valence-corrected chi connectivity index (χ0v) is 11.6. The van der Waals surface area contributed by atoms with Crippen molar-refractivity contribution in [2.45, 2.75) is 25.8 Å². The molecule has 18 heavy (non-hydrogen) atoms. The smallest absolute Gasteiger partial charge is 0.251 e. The van der Waals surface area contributed by atoms with Gasteiger partial charge in [0.15, 0.2) is 0 Å². The summed E-state index contributed by atoms with van der Waals surface area (Å²) in [5.41, 5.74) is 3.83. The number of hydrogen-bond donors (Lipinski definition) is 0. The fourth-order valence-electron chi connectivity index (χ4n) is 2.63. The van der Waals surface area contributed by atoms with Crippen molar-refractivity contribution in [1.29, 1.82) is 0 Å². The molecule has 1 heterocycles. The van der Waals surface area contributed by atoms with Crippen LogP contribution in [0, 0.1) is 0 Å². The Bertz CT molecular complexity index is 645. The largest absolute Gasteiger partial charge is 0.308 e. The lowest BCUT2D eigenvalue weighted by molar-refractivity contribution is 0.707. The van der Waals surface area contributed by atoms with Gasteiger partial charge < -0.3 is 4.57 Å². The average molecular weight is 304 g/mol. The third kappa shape index (κ3) is 2.15. The molecule has 3 rings (SSSR count). The van der Waals surface area contributed by atoms with Crippen LogP contribution in [-0.2, 0) is 19.4 Å². The second kappa shape index (κ2) is 4.73. The minimum Gasteiger partial charge on any atom is -0.308 e. The van der Waals surface area contributed by atoms with Crippen LogP contribution in [0.3, 0.4) is 0 Å². The maximum Gasteiger partial charge on any atom is 0.251 e. The highest BCUT2D eigenvalue weighted by atomic mass is 79.9. The zero-order valence-electron chi connectivity index (χ0n) is 10.0. The van der Waals surface area contributed by atoms with E-state index in [4.69, 9.17) is 0 Å². The Morgan fingerprint density at radius 2 is 2.06 bits per heavy atom. The van der Waals surface area contributed by atoms with Gasteiger partial charge in [-0.25, -0.2) is 0 Å². The monoisotopic (exact) mass is 303 g/mol. The number of aromatic nitrogens is 1. The van der Waals surface area contributed by atoms with Crippen molar-refractivity contribution in [3.05, 3.63) is 68.0 Å². The fraction of sp³-hybridized carbons (Fsp3) is 0.267. The maximum absolute atomic E-state index is 12.0. The molecule has 0 radical (unpaired) electrons. The van der Waals surface area contributed by atoms with Crippen LogP contribution in [0.15, 0.2) is 45.7 Å². The SMILES string of the molecule is O=c1ccc2c(n1Cc1cccc(Br)c1)CCC2. The average Bonchev–Trinajstić information content (AvgIpc) is 2.81. The number of fused-ring (bicyclic) bond motifs is 1. The predicted octanol–water partition coefficient (Wildman–Crippen LogP) is 3.15. The topological polar surface area (TPSA) is 22.0 Å². The molecule has 1 aromatic heterocycles.